The van der Waals surface area contributed by atoms with Gasteiger partial charge in [-0.05, 0) is 44.7 Å². The highest BCUT2D eigenvalue weighted by molar-refractivity contribution is 6.04. The van der Waals surface area contributed by atoms with Crippen molar-refractivity contribution in [2.75, 3.05) is 79.5 Å². The van der Waals surface area contributed by atoms with E-state index in [-0.39, 0.29) is 5.97 Å². The zero-order chi connectivity index (χ0) is 33.7. The molecule has 2 N–H and O–H groups in total. The standard InChI is InChI=1S/C32H40N3O6.C2H6.CH5N/c1-9-35(16-10-11-31(36)38-7)27-20-28(37-6)25(19-26(27)34(4)5)32-23-14-12-21(33(2)3)17-29(23)40-30-18-22(41-39-8)13-15-24(30)32;2*1-2/h12-15,17-20H,9-11,16H2,1-8H3;1-2H3;2H2,1H3/q+1;;. The minimum atomic E-state index is -0.202. The van der Waals surface area contributed by atoms with E-state index in [1.807, 2.05) is 70.9 Å². The lowest BCUT2D eigenvalue weighted by Gasteiger charge is -2.30. The van der Waals surface area contributed by atoms with Gasteiger partial charge in [-0.1, -0.05) is 13.8 Å². The predicted molar refractivity (Wildman–Crippen MR) is 185 cm³/mol. The van der Waals surface area contributed by atoms with Crippen molar-refractivity contribution in [3.8, 4) is 33.9 Å². The number of nitrogens with two attached hydrogens (primary N) is 1. The molecule has 0 bridgehead atoms. The second-order valence-electron chi connectivity index (χ2n) is 10.2. The number of fused-ring (bicyclic) bond motifs is 2. The largest absolute Gasteiger partial charge is 0.496 e. The van der Waals surface area contributed by atoms with Gasteiger partial charge in [0.15, 0.2) is 5.75 Å². The van der Waals surface area contributed by atoms with Crippen LogP contribution in [0.2, 0.25) is 0 Å². The normalized spacial score (nSPS) is 10.3. The SMILES string of the molecule is CC.CCN(CCCC(=O)OC)c1cc(OC)c(-c2c3ccc(=[N+](C)C)cc-3oc3cc(OOC)ccc23)cc1N(C)C.CN. The predicted octanol–water partition coefficient (Wildman–Crippen LogP) is 5.63. The number of hydrogen-bond donors (Lipinski definition) is 1. The Bertz CT molecular complexity index is 1580. The molecule has 246 valence electrons. The highest BCUT2D eigenvalue weighted by atomic mass is 17.2. The average Bonchev–Trinajstić information content (AvgIpc) is 3.06. The van der Waals surface area contributed by atoms with Gasteiger partial charge in [0.25, 0.3) is 0 Å². The van der Waals surface area contributed by atoms with Crippen LogP contribution in [-0.2, 0) is 14.4 Å². The van der Waals surface area contributed by atoms with Crippen LogP contribution in [0.4, 0.5) is 11.4 Å². The van der Waals surface area contributed by atoms with Crippen LogP contribution in [0, 0.1) is 0 Å². The molecule has 0 unspecified atom stereocenters. The summed E-state index contributed by atoms with van der Waals surface area (Å²) in [5.74, 6) is 1.81. The number of carbonyl (C=O) groups excluding carboxylic acids is 1. The molecule has 0 spiro atoms. The van der Waals surface area contributed by atoms with Crippen LogP contribution < -0.4 is 35.1 Å². The first-order valence-corrected chi connectivity index (χ1v) is 15.2. The zero-order valence-corrected chi connectivity index (χ0v) is 28.8. The number of benzene rings is 3. The molecular formula is C35H51N4O6+. The lowest BCUT2D eigenvalue weighted by Crippen LogP contribution is -2.27. The van der Waals surface area contributed by atoms with Gasteiger partial charge in [-0.2, -0.15) is 4.89 Å². The summed E-state index contributed by atoms with van der Waals surface area (Å²) in [6.45, 7) is 7.59. The maximum Gasteiger partial charge on any atom is 0.305 e. The van der Waals surface area contributed by atoms with E-state index >= 15 is 0 Å². The molecule has 0 radical (unpaired) electrons. The van der Waals surface area contributed by atoms with Gasteiger partial charge in [0.1, 0.15) is 31.2 Å². The van der Waals surface area contributed by atoms with Crippen LogP contribution in [0.25, 0.3) is 33.4 Å². The number of nitrogens with zero attached hydrogens (tertiary/aromatic N) is 3. The molecular weight excluding hydrogens is 572 g/mol. The first-order chi connectivity index (χ1) is 21.7. The number of esters is 1. The number of rotatable bonds is 11. The number of carbonyl (C=O) groups is 1. The van der Waals surface area contributed by atoms with Gasteiger partial charge in [0, 0.05) is 73.9 Å². The van der Waals surface area contributed by atoms with Crippen molar-refractivity contribution in [1.29, 1.82) is 0 Å². The van der Waals surface area contributed by atoms with Crippen LogP contribution in [0.3, 0.4) is 0 Å². The summed E-state index contributed by atoms with van der Waals surface area (Å²) in [6.07, 6.45) is 1.06. The van der Waals surface area contributed by atoms with E-state index in [2.05, 4.69) is 46.7 Å². The fourth-order valence-electron chi connectivity index (χ4n) is 5.07. The van der Waals surface area contributed by atoms with Crippen LogP contribution in [0.1, 0.15) is 33.6 Å². The molecule has 0 saturated heterocycles. The van der Waals surface area contributed by atoms with Crippen molar-refractivity contribution in [3.05, 3.63) is 53.9 Å². The molecule has 0 fully saturated rings. The Balaban J connectivity index is 0.00000169. The van der Waals surface area contributed by atoms with E-state index in [1.54, 1.807) is 7.11 Å². The first kappa shape index (κ1) is 36.9. The summed E-state index contributed by atoms with van der Waals surface area (Å²) in [5.41, 5.74) is 10.1. The summed E-state index contributed by atoms with van der Waals surface area (Å²) in [5, 5.41) is 1.94. The summed E-state index contributed by atoms with van der Waals surface area (Å²) in [7, 11) is 14.2. The molecule has 10 heteroatoms. The van der Waals surface area contributed by atoms with Crippen molar-refractivity contribution in [2.45, 2.75) is 33.6 Å². The Morgan fingerprint density at radius 3 is 2.22 bits per heavy atom. The summed E-state index contributed by atoms with van der Waals surface area (Å²) >= 11 is 0. The van der Waals surface area contributed by atoms with Crippen LogP contribution >= 0.6 is 0 Å². The molecule has 1 aliphatic heterocycles. The molecule has 2 aromatic rings. The van der Waals surface area contributed by atoms with E-state index in [0.29, 0.717) is 30.7 Å². The third kappa shape index (κ3) is 8.67. The van der Waals surface area contributed by atoms with Crippen molar-refractivity contribution in [2.24, 2.45) is 5.73 Å². The molecule has 0 saturated carbocycles. The number of ether oxygens (including phenoxy) is 2. The van der Waals surface area contributed by atoms with Gasteiger partial charge in [-0.3, -0.25) is 4.79 Å². The maximum atomic E-state index is 11.7. The minimum absolute atomic E-state index is 0.202. The molecule has 1 aliphatic carbocycles. The first-order valence-electron chi connectivity index (χ1n) is 15.2. The lowest BCUT2D eigenvalue weighted by atomic mass is 9.92. The monoisotopic (exact) mass is 623 g/mol. The molecule has 10 nitrogen and oxygen atoms in total. The molecule has 0 atom stereocenters. The van der Waals surface area contributed by atoms with Crippen molar-refractivity contribution >= 4 is 28.3 Å². The Morgan fingerprint density at radius 2 is 1.64 bits per heavy atom. The van der Waals surface area contributed by atoms with E-state index in [1.165, 1.54) is 21.3 Å². The molecule has 0 aromatic heterocycles. The fourth-order valence-corrected chi connectivity index (χ4v) is 5.07. The molecule has 2 aromatic carbocycles. The van der Waals surface area contributed by atoms with Gasteiger partial charge >= 0.3 is 5.97 Å². The van der Waals surface area contributed by atoms with Crippen molar-refractivity contribution < 1.29 is 28.5 Å². The summed E-state index contributed by atoms with van der Waals surface area (Å²) in [6, 6.07) is 16.2. The minimum Gasteiger partial charge on any atom is -0.496 e. The van der Waals surface area contributed by atoms with Gasteiger partial charge in [-0.25, -0.2) is 4.58 Å². The molecule has 1 heterocycles. The Morgan fingerprint density at radius 1 is 0.933 bits per heavy atom. The molecule has 45 heavy (non-hydrogen) atoms. The fraction of sp³-hybridized carbons (Fsp3) is 0.429. The Hall–Kier alpha value is -4.28. The average molecular weight is 624 g/mol. The van der Waals surface area contributed by atoms with Gasteiger partial charge in [0.2, 0.25) is 5.36 Å². The highest BCUT2D eigenvalue weighted by Gasteiger charge is 2.24. The number of anilines is 2. The lowest BCUT2D eigenvalue weighted by molar-refractivity contribution is -0.178. The Kier molecular flexibility index (Phi) is 14.7. The van der Waals surface area contributed by atoms with Crippen molar-refractivity contribution in [1.82, 2.24) is 4.58 Å². The Labute approximate surface area is 267 Å². The second-order valence-corrected chi connectivity index (χ2v) is 10.2. The van der Waals surface area contributed by atoms with E-state index < -0.39 is 0 Å². The third-order valence-electron chi connectivity index (χ3n) is 7.18. The molecule has 2 aliphatic rings. The summed E-state index contributed by atoms with van der Waals surface area (Å²) in [4.78, 5) is 26.3. The quantitative estimate of drug-likeness (QED) is 0.0749. The number of methoxy groups -OCH3 is 2. The topological polar surface area (TPSA) is 103 Å². The van der Waals surface area contributed by atoms with E-state index in [9.17, 15) is 4.79 Å². The van der Waals surface area contributed by atoms with Gasteiger partial charge in [0.05, 0.1) is 38.8 Å². The van der Waals surface area contributed by atoms with E-state index in [4.69, 9.17) is 23.7 Å². The van der Waals surface area contributed by atoms with Crippen molar-refractivity contribution in [3.63, 3.8) is 0 Å². The van der Waals surface area contributed by atoms with Crippen LogP contribution in [0.5, 0.6) is 11.5 Å². The van der Waals surface area contributed by atoms with E-state index in [0.717, 1.165) is 56.9 Å². The third-order valence-corrected chi connectivity index (χ3v) is 7.18. The van der Waals surface area contributed by atoms with Crippen LogP contribution in [-0.4, -0.2) is 75.6 Å². The molecule has 0 amide bonds. The summed E-state index contributed by atoms with van der Waals surface area (Å²) < 4.78 is 19.4. The molecule has 4 rings (SSSR count). The zero-order valence-electron chi connectivity index (χ0n) is 28.8. The second kappa shape index (κ2) is 17.9. The van der Waals surface area contributed by atoms with Gasteiger partial charge < -0.3 is 34.3 Å². The van der Waals surface area contributed by atoms with Gasteiger partial charge in [-0.15, -0.1) is 0 Å². The smallest absolute Gasteiger partial charge is 0.305 e. The van der Waals surface area contributed by atoms with Crippen LogP contribution in [0.15, 0.2) is 52.9 Å². The highest BCUT2D eigenvalue weighted by Crippen LogP contribution is 2.47. The maximum absolute atomic E-state index is 11.7. The number of hydrogen-bond acceptors (Lipinski definition) is 9.